The van der Waals surface area contributed by atoms with Crippen molar-refractivity contribution in [3.05, 3.63) is 176 Å². The van der Waals surface area contributed by atoms with E-state index in [1.165, 1.54) is 42.5 Å². The van der Waals surface area contributed by atoms with Gasteiger partial charge in [0.25, 0.3) is 5.91 Å². The molecule has 8 N–H and O–H groups in total. The summed E-state index contributed by atoms with van der Waals surface area (Å²) in [5, 5.41) is 23.7. The number of aromatic nitrogens is 4. The predicted octanol–water partition coefficient (Wildman–Crippen LogP) is 9.67. The Hall–Kier alpha value is -7.48. The average molecular weight is 1050 g/mol. The molecular formula is C52H60Cl2F2N10O7. The van der Waals surface area contributed by atoms with Crippen LogP contribution in [0.2, 0.25) is 10.3 Å². The van der Waals surface area contributed by atoms with Crippen LogP contribution >= 0.6 is 23.2 Å². The number of nitrogens with zero attached hydrogens (tertiary/aromatic N) is 4. The van der Waals surface area contributed by atoms with Crippen LogP contribution < -0.4 is 32.3 Å². The van der Waals surface area contributed by atoms with Gasteiger partial charge in [-0.3, -0.25) is 14.8 Å². The van der Waals surface area contributed by atoms with Gasteiger partial charge in [-0.25, -0.2) is 33.1 Å². The maximum absolute atomic E-state index is 13.4. The van der Waals surface area contributed by atoms with Gasteiger partial charge in [-0.2, -0.15) is 0 Å². The molecule has 0 aliphatic rings. The Labute approximate surface area is 433 Å². The third-order valence-electron chi connectivity index (χ3n) is 9.61. The maximum Gasteiger partial charge on any atom is 0.407 e. The number of nitrogens with one attached hydrogen (secondary N) is 5. The van der Waals surface area contributed by atoms with Crippen LogP contribution in [-0.4, -0.2) is 73.4 Å². The molecule has 0 unspecified atom stereocenters. The molecule has 0 bridgehead atoms. The fraction of sp³-hybridized carbons (Fsp3) is 0.308. The van der Waals surface area contributed by atoms with Crippen molar-refractivity contribution in [1.82, 2.24) is 35.9 Å². The number of rotatable bonds is 17. The van der Waals surface area contributed by atoms with E-state index >= 15 is 0 Å². The lowest BCUT2D eigenvalue weighted by Crippen LogP contribution is -2.33. The number of carbonyl (C=O) groups is 4. The Morgan fingerprint density at radius 1 is 0.603 bits per heavy atom. The van der Waals surface area contributed by atoms with E-state index in [0.29, 0.717) is 56.1 Å². The van der Waals surface area contributed by atoms with E-state index in [0.717, 1.165) is 27.9 Å². The minimum absolute atomic E-state index is 0.0497. The van der Waals surface area contributed by atoms with E-state index in [1.807, 2.05) is 45.0 Å². The molecule has 0 aliphatic heterocycles. The van der Waals surface area contributed by atoms with Crippen molar-refractivity contribution in [2.24, 2.45) is 5.73 Å². The summed E-state index contributed by atoms with van der Waals surface area (Å²) in [5.74, 6) is -1.50. The van der Waals surface area contributed by atoms with E-state index in [2.05, 4.69) is 46.5 Å². The number of ether oxygens (including phenoxy) is 2. The van der Waals surface area contributed by atoms with Crippen molar-refractivity contribution >= 4 is 58.9 Å². The number of pyridine rings is 4. The number of carboxylic acids is 1. The van der Waals surface area contributed by atoms with Crippen molar-refractivity contribution < 1.29 is 42.5 Å². The van der Waals surface area contributed by atoms with Gasteiger partial charge in [-0.05, 0) is 137 Å². The highest BCUT2D eigenvalue weighted by molar-refractivity contribution is 6.30. The number of amides is 3. The first-order chi connectivity index (χ1) is 34.6. The SMILES string of the molecule is CC(C)(C)OC(=O)NCc1ncccc1CN.CC(C)(C)OC(=O)NCc1ncccc1CNC(=O)c1ccc(Cl)nc1NCCc1cccc(F)c1.O=C(O)c1ccc(Cl)nc1NCCc1cccc(F)c1. The molecule has 0 saturated heterocycles. The average Bonchev–Trinajstić information content (AvgIpc) is 3.32. The lowest BCUT2D eigenvalue weighted by Gasteiger charge is -2.20. The van der Waals surface area contributed by atoms with E-state index in [1.54, 1.807) is 63.5 Å². The maximum atomic E-state index is 13.4. The molecule has 6 rings (SSSR count). The Bertz CT molecular complexity index is 2790. The fourth-order valence-corrected chi connectivity index (χ4v) is 6.65. The van der Waals surface area contributed by atoms with Gasteiger partial charge >= 0.3 is 18.2 Å². The lowest BCUT2D eigenvalue weighted by atomic mass is 10.1. The molecule has 0 aliphatic carbocycles. The Morgan fingerprint density at radius 2 is 1.05 bits per heavy atom. The van der Waals surface area contributed by atoms with E-state index in [-0.39, 0.29) is 52.3 Å². The summed E-state index contributed by atoms with van der Waals surface area (Å²) in [7, 11) is 0. The second-order valence-corrected chi connectivity index (χ2v) is 18.6. The fourth-order valence-electron chi connectivity index (χ4n) is 6.35. The van der Waals surface area contributed by atoms with E-state index in [4.69, 9.17) is 43.5 Å². The lowest BCUT2D eigenvalue weighted by molar-refractivity contribution is 0.0511. The van der Waals surface area contributed by atoms with Gasteiger partial charge in [0.1, 0.15) is 50.3 Å². The van der Waals surface area contributed by atoms with Crippen molar-refractivity contribution in [3.8, 4) is 0 Å². The summed E-state index contributed by atoms with van der Waals surface area (Å²) in [4.78, 5) is 64.1. The zero-order valence-electron chi connectivity index (χ0n) is 41.3. The highest BCUT2D eigenvalue weighted by Crippen LogP contribution is 2.19. The standard InChI is InChI=1S/C26H29ClFN5O3.C14H12ClFN2O2.C12H19N3O2/c1-26(2,3)36-25(35)32-16-21-18(7-5-12-29-21)15-31-24(34)20-9-10-22(27)33-23(20)30-13-11-17-6-4-8-19(28)14-17;15-12-5-4-11(14(19)20)13(18-12)17-7-6-9-2-1-3-10(16)8-9;1-12(2,3)17-11(16)15-8-10-9(7-13)5-4-6-14-10/h4-10,12,14H,11,13,15-16H2,1-3H3,(H,30,33)(H,31,34)(H,32,35);1-5,8H,6-7H2,(H,17,18)(H,19,20);4-6H,7-8,13H2,1-3H3,(H,15,16). The van der Waals surface area contributed by atoms with Crippen molar-refractivity contribution in [2.75, 3.05) is 23.7 Å². The topological polar surface area (TPSA) is 245 Å². The molecular weight excluding hydrogens is 986 g/mol. The highest BCUT2D eigenvalue weighted by Gasteiger charge is 2.19. The molecule has 0 atom stereocenters. The molecule has 0 radical (unpaired) electrons. The number of hydrogen-bond acceptors (Lipinski definition) is 13. The summed E-state index contributed by atoms with van der Waals surface area (Å²) in [6.45, 7) is 12.7. The van der Waals surface area contributed by atoms with Crippen LogP contribution in [0.1, 0.15) is 95.9 Å². The molecule has 0 saturated carbocycles. The van der Waals surface area contributed by atoms with Crippen molar-refractivity contribution in [1.29, 1.82) is 0 Å². The number of hydrogen-bond donors (Lipinski definition) is 7. The first-order valence-electron chi connectivity index (χ1n) is 22.9. The Kier molecular flexibility index (Phi) is 22.7. The number of carbonyl (C=O) groups excluding carboxylic acids is 3. The van der Waals surface area contributed by atoms with E-state index in [9.17, 15) is 28.0 Å². The quantitative estimate of drug-likeness (QED) is 0.0421. The molecule has 0 fully saturated rings. The monoisotopic (exact) mass is 1040 g/mol. The van der Waals surface area contributed by atoms with Crippen molar-refractivity contribution in [3.63, 3.8) is 0 Å². The number of alkyl carbamates (subject to hydrolysis) is 2. The third kappa shape index (κ3) is 21.8. The van der Waals surface area contributed by atoms with Crippen LogP contribution in [0.15, 0.2) is 109 Å². The van der Waals surface area contributed by atoms with Crippen LogP contribution in [0.5, 0.6) is 0 Å². The molecule has 0 spiro atoms. The molecule has 3 amide bonds. The first-order valence-corrected chi connectivity index (χ1v) is 23.6. The molecule has 73 heavy (non-hydrogen) atoms. The minimum atomic E-state index is -1.08. The number of anilines is 2. The van der Waals surface area contributed by atoms with Gasteiger partial charge in [0.05, 0.1) is 30.0 Å². The van der Waals surface area contributed by atoms with Gasteiger partial charge in [0.15, 0.2) is 0 Å². The third-order valence-corrected chi connectivity index (χ3v) is 10.0. The molecule has 4 heterocycles. The van der Waals surface area contributed by atoms with Crippen molar-refractivity contribution in [2.45, 2.75) is 91.8 Å². The Morgan fingerprint density at radius 3 is 1.51 bits per heavy atom. The van der Waals surface area contributed by atoms with Crippen LogP contribution in [0.4, 0.5) is 30.0 Å². The van der Waals surface area contributed by atoms with Crippen LogP contribution in [0, 0.1) is 11.6 Å². The molecule has 388 valence electrons. The predicted molar refractivity (Wildman–Crippen MR) is 276 cm³/mol. The smallest absolute Gasteiger partial charge is 0.407 e. The normalized spacial score (nSPS) is 10.8. The van der Waals surface area contributed by atoms with Crippen LogP contribution in [-0.2, 0) is 48.5 Å². The Balaban J connectivity index is 0.000000262. The molecule has 2 aromatic carbocycles. The largest absolute Gasteiger partial charge is 0.478 e. The summed E-state index contributed by atoms with van der Waals surface area (Å²) >= 11 is 11.8. The zero-order chi connectivity index (χ0) is 53.6. The number of nitrogens with two attached hydrogens (primary N) is 1. The van der Waals surface area contributed by atoms with E-state index < -0.39 is 29.4 Å². The molecule has 4 aromatic heterocycles. The van der Waals surface area contributed by atoms with Gasteiger partial charge in [0, 0.05) is 38.6 Å². The molecule has 17 nitrogen and oxygen atoms in total. The number of aromatic carboxylic acids is 1. The number of halogens is 4. The van der Waals surface area contributed by atoms with Crippen LogP contribution in [0.3, 0.4) is 0 Å². The van der Waals surface area contributed by atoms with Crippen LogP contribution in [0.25, 0.3) is 0 Å². The second-order valence-electron chi connectivity index (χ2n) is 17.8. The number of benzene rings is 2. The minimum Gasteiger partial charge on any atom is -0.478 e. The summed E-state index contributed by atoms with van der Waals surface area (Å²) < 4.78 is 36.8. The highest BCUT2D eigenvalue weighted by atomic mass is 35.5. The second kappa shape index (κ2) is 28.5. The van der Waals surface area contributed by atoms with Gasteiger partial charge in [-0.1, -0.05) is 59.6 Å². The number of carboxylic acid groups (broad SMARTS) is 1. The summed E-state index contributed by atoms with van der Waals surface area (Å²) in [5.41, 5.74) is 9.50. The van der Waals surface area contributed by atoms with Gasteiger partial charge < -0.3 is 46.9 Å². The summed E-state index contributed by atoms with van der Waals surface area (Å²) in [6, 6.07) is 25.8. The van der Waals surface area contributed by atoms with Gasteiger partial charge in [0.2, 0.25) is 0 Å². The molecule has 21 heteroatoms. The molecule has 6 aromatic rings. The summed E-state index contributed by atoms with van der Waals surface area (Å²) in [6.07, 6.45) is 3.36. The first kappa shape index (κ1) is 58.1. The zero-order valence-corrected chi connectivity index (χ0v) is 42.8. The van der Waals surface area contributed by atoms with Gasteiger partial charge in [-0.15, -0.1) is 0 Å².